The van der Waals surface area contributed by atoms with Gasteiger partial charge in [-0.15, -0.1) is 0 Å². The molecule has 0 aromatic carbocycles. The topological polar surface area (TPSA) is 56.0 Å². The molecular weight excluding hydrogens is 152 g/mol. The van der Waals surface area contributed by atoms with E-state index in [1.54, 1.807) is 0 Å². The molecule has 2 unspecified atom stereocenters. The van der Waals surface area contributed by atoms with Gasteiger partial charge in [-0.2, -0.15) is 5.26 Å². The first-order valence-electron chi connectivity index (χ1n) is 4.49. The zero-order valence-corrected chi connectivity index (χ0v) is 7.88. The van der Waals surface area contributed by atoms with Crippen LogP contribution in [-0.2, 0) is 0 Å². The summed E-state index contributed by atoms with van der Waals surface area (Å²) in [7, 11) is 0. The van der Waals surface area contributed by atoms with E-state index in [0.717, 1.165) is 12.8 Å². The predicted molar refractivity (Wildman–Crippen MR) is 48.6 cm³/mol. The van der Waals surface area contributed by atoms with Gasteiger partial charge in [0.25, 0.3) is 0 Å². The molecule has 3 nitrogen and oxygen atoms in total. The Hall–Kier alpha value is -0.590. The van der Waals surface area contributed by atoms with Crippen LogP contribution in [0.1, 0.15) is 26.7 Å². The largest absolute Gasteiger partial charge is 0.392 e. The summed E-state index contributed by atoms with van der Waals surface area (Å²) >= 11 is 0. The molecule has 0 aliphatic carbocycles. The summed E-state index contributed by atoms with van der Waals surface area (Å²) in [6, 6.07) is 2.13. The molecule has 0 heterocycles. The molecule has 70 valence electrons. The number of nitriles is 1. The van der Waals surface area contributed by atoms with Crippen molar-refractivity contribution in [3.05, 3.63) is 0 Å². The normalized spacial score (nSPS) is 15.2. The average Bonchev–Trinajstić information content (AvgIpc) is 2.04. The molecule has 0 aliphatic heterocycles. The number of hydrogen-bond acceptors (Lipinski definition) is 3. The molecule has 3 heteroatoms. The SMILES string of the molecule is CCCC(O)CNCC(C)C#N. The van der Waals surface area contributed by atoms with Crippen molar-refractivity contribution < 1.29 is 5.11 Å². The number of hydrogen-bond donors (Lipinski definition) is 2. The van der Waals surface area contributed by atoms with Gasteiger partial charge in [-0.1, -0.05) is 13.3 Å². The van der Waals surface area contributed by atoms with Crippen LogP contribution in [0.4, 0.5) is 0 Å². The molecule has 2 atom stereocenters. The van der Waals surface area contributed by atoms with Crippen LogP contribution in [-0.4, -0.2) is 24.3 Å². The molecule has 12 heavy (non-hydrogen) atoms. The summed E-state index contributed by atoms with van der Waals surface area (Å²) < 4.78 is 0. The Kier molecular flexibility index (Phi) is 6.73. The molecule has 0 fully saturated rings. The Balaban J connectivity index is 3.25. The molecule has 0 aromatic heterocycles. The maximum Gasteiger partial charge on any atom is 0.0666 e. The molecule has 0 saturated carbocycles. The number of nitrogens with one attached hydrogen (secondary N) is 1. The second kappa shape index (κ2) is 7.08. The smallest absolute Gasteiger partial charge is 0.0666 e. The van der Waals surface area contributed by atoms with E-state index in [-0.39, 0.29) is 12.0 Å². The third-order valence-corrected chi connectivity index (χ3v) is 1.67. The van der Waals surface area contributed by atoms with Crippen molar-refractivity contribution in [2.75, 3.05) is 13.1 Å². The van der Waals surface area contributed by atoms with E-state index in [1.165, 1.54) is 0 Å². The van der Waals surface area contributed by atoms with Gasteiger partial charge in [0.05, 0.1) is 18.1 Å². The lowest BCUT2D eigenvalue weighted by molar-refractivity contribution is 0.160. The van der Waals surface area contributed by atoms with Gasteiger partial charge < -0.3 is 10.4 Å². The van der Waals surface area contributed by atoms with Crippen molar-refractivity contribution >= 4 is 0 Å². The van der Waals surface area contributed by atoms with Gasteiger partial charge in [-0.05, 0) is 13.3 Å². The summed E-state index contributed by atoms with van der Waals surface area (Å²) in [6.07, 6.45) is 1.56. The predicted octanol–water partition coefficient (Wildman–Crippen LogP) is 0.897. The highest BCUT2D eigenvalue weighted by atomic mass is 16.3. The fourth-order valence-electron chi connectivity index (χ4n) is 0.947. The monoisotopic (exact) mass is 170 g/mol. The standard InChI is InChI=1S/C9H18N2O/c1-3-4-9(12)7-11-6-8(2)5-10/h8-9,11-12H,3-4,6-7H2,1-2H3. The van der Waals surface area contributed by atoms with Gasteiger partial charge in [0.1, 0.15) is 0 Å². The van der Waals surface area contributed by atoms with E-state index in [4.69, 9.17) is 5.26 Å². The number of aliphatic hydroxyl groups excluding tert-OH is 1. The van der Waals surface area contributed by atoms with Gasteiger partial charge in [0, 0.05) is 13.1 Å². The first-order valence-corrected chi connectivity index (χ1v) is 4.49. The van der Waals surface area contributed by atoms with E-state index in [0.29, 0.717) is 13.1 Å². The fourth-order valence-corrected chi connectivity index (χ4v) is 0.947. The third-order valence-electron chi connectivity index (χ3n) is 1.67. The van der Waals surface area contributed by atoms with Crippen LogP contribution in [0.15, 0.2) is 0 Å². The van der Waals surface area contributed by atoms with Crippen LogP contribution >= 0.6 is 0 Å². The summed E-state index contributed by atoms with van der Waals surface area (Å²) in [6.45, 7) is 5.16. The quantitative estimate of drug-likeness (QED) is 0.622. The van der Waals surface area contributed by atoms with Crippen molar-refractivity contribution in [2.24, 2.45) is 5.92 Å². The van der Waals surface area contributed by atoms with Crippen LogP contribution in [0.3, 0.4) is 0 Å². The van der Waals surface area contributed by atoms with Crippen molar-refractivity contribution in [1.82, 2.24) is 5.32 Å². The van der Waals surface area contributed by atoms with E-state index in [2.05, 4.69) is 11.4 Å². The Morgan fingerprint density at radius 2 is 2.17 bits per heavy atom. The number of rotatable bonds is 6. The van der Waals surface area contributed by atoms with Crippen LogP contribution in [0.5, 0.6) is 0 Å². The second-order valence-corrected chi connectivity index (χ2v) is 3.13. The van der Waals surface area contributed by atoms with E-state index in [1.807, 2.05) is 13.8 Å². The molecule has 0 aliphatic rings. The van der Waals surface area contributed by atoms with Gasteiger partial charge >= 0.3 is 0 Å². The number of nitrogens with zero attached hydrogens (tertiary/aromatic N) is 1. The zero-order valence-electron chi connectivity index (χ0n) is 7.88. The summed E-state index contributed by atoms with van der Waals surface area (Å²) in [5.74, 6) is 0.0267. The lowest BCUT2D eigenvalue weighted by Gasteiger charge is -2.10. The van der Waals surface area contributed by atoms with Crippen LogP contribution in [0, 0.1) is 17.2 Å². The molecule has 0 spiro atoms. The van der Waals surface area contributed by atoms with Gasteiger partial charge in [-0.25, -0.2) is 0 Å². The highest BCUT2D eigenvalue weighted by Crippen LogP contribution is 1.94. The van der Waals surface area contributed by atoms with Gasteiger partial charge in [0.15, 0.2) is 0 Å². The molecule has 0 radical (unpaired) electrons. The minimum atomic E-state index is -0.263. The highest BCUT2D eigenvalue weighted by molar-refractivity contribution is 4.80. The average molecular weight is 170 g/mol. The Labute approximate surface area is 74.4 Å². The molecule has 0 saturated heterocycles. The Bertz CT molecular complexity index is 142. The zero-order chi connectivity index (χ0) is 9.40. The van der Waals surface area contributed by atoms with Crippen molar-refractivity contribution in [2.45, 2.75) is 32.8 Å². The maximum absolute atomic E-state index is 9.29. The fraction of sp³-hybridized carbons (Fsp3) is 0.889. The number of aliphatic hydroxyl groups is 1. The maximum atomic E-state index is 9.29. The minimum absolute atomic E-state index is 0.0267. The second-order valence-electron chi connectivity index (χ2n) is 3.13. The van der Waals surface area contributed by atoms with Crippen molar-refractivity contribution in [3.63, 3.8) is 0 Å². The van der Waals surface area contributed by atoms with Gasteiger partial charge in [-0.3, -0.25) is 0 Å². The molecule has 0 rings (SSSR count). The molecule has 0 amide bonds. The minimum Gasteiger partial charge on any atom is -0.392 e. The highest BCUT2D eigenvalue weighted by Gasteiger charge is 2.03. The lowest BCUT2D eigenvalue weighted by Crippen LogP contribution is -2.29. The summed E-state index contributed by atoms with van der Waals surface area (Å²) in [5.41, 5.74) is 0. The third kappa shape index (κ3) is 6.14. The Morgan fingerprint density at radius 1 is 1.50 bits per heavy atom. The van der Waals surface area contributed by atoms with E-state index >= 15 is 0 Å². The van der Waals surface area contributed by atoms with Crippen molar-refractivity contribution in [1.29, 1.82) is 5.26 Å². The van der Waals surface area contributed by atoms with E-state index < -0.39 is 0 Å². The van der Waals surface area contributed by atoms with Crippen LogP contribution in [0.2, 0.25) is 0 Å². The first-order chi connectivity index (χ1) is 5.70. The van der Waals surface area contributed by atoms with E-state index in [9.17, 15) is 5.11 Å². The first kappa shape index (κ1) is 11.4. The molecule has 2 N–H and O–H groups in total. The van der Waals surface area contributed by atoms with Crippen LogP contribution in [0.25, 0.3) is 0 Å². The van der Waals surface area contributed by atoms with Gasteiger partial charge in [0.2, 0.25) is 0 Å². The molecule has 0 aromatic rings. The molecular formula is C9H18N2O. The Morgan fingerprint density at radius 3 is 2.67 bits per heavy atom. The lowest BCUT2D eigenvalue weighted by atomic mass is 10.2. The summed E-state index contributed by atoms with van der Waals surface area (Å²) in [4.78, 5) is 0. The van der Waals surface area contributed by atoms with Crippen molar-refractivity contribution in [3.8, 4) is 6.07 Å². The molecule has 0 bridgehead atoms. The van der Waals surface area contributed by atoms with Crippen LogP contribution < -0.4 is 5.32 Å². The summed E-state index contributed by atoms with van der Waals surface area (Å²) in [5, 5.41) is 20.8.